The number of imidazole rings is 1. The maximum absolute atomic E-state index is 12.0. The number of carboxylic acids is 1. The zero-order chi connectivity index (χ0) is 15.4. The van der Waals surface area contributed by atoms with Gasteiger partial charge in [-0.25, -0.2) is 4.98 Å². The van der Waals surface area contributed by atoms with E-state index in [1.165, 1.54) is 0 Å². The predicted molar refractivity (Wildman–Crippen MR) is 78.7 cm³/mol. The molecule has 1 aromatic carbocycles. The first-order valence-corrected chi connectivity index (χ1v) is 6.88. The van der Waals surface area contributed by atoms with Gasteiger partial charge in [0.05, 0.1) is 23.3 Å². The molecule has 112 valence electrons. The number of carboxylic acid groups (broad SMARTS) is 1. The Morgan fingerprint density at radius 2 is 2.05 bits per heavy atom. The van der Waals surface area contributed by atoms with E-state index in [4.69, 9.17) is 5.11 Å². The summed E-state index contributed by atoms with van der Waals surface area (Å²) in [5.41, 5.74) is 1.71. The van der Waals surface area contributed by atoms with Crippen LogP contribution in [0, 0.1) is 11.8 Å². The van der Waals surface area contributed by atoms with Crippen LogP contribution < -0.4 is 5.32 Å². The lowest BCUT2D eigenvalue weighted by Gasteiger charge is -2.16. The number of fused-ring (bicyclic) bond motifs is 1. The van der Waals surface area contributed by atoms with Crippen molar-refractivity contribution in [2.24, 2.45) is 11.8 Å². The molecule has 2 rings (SSSR count). The lowest BCUT2D eigenvalue weighted by atomic mass is 9.96. The van der Waals surface area contributed by atoms with Gasteiger partial charge in [-0.3, -0.25) is 9.59 Å². The van der Waals surface area contributed by atoms with Crippen LogP contribution in [0.4, 0.5) is 0 Å². The number of para-hydroxylation sites is 2. The topological polar surface area (TPSA) is 84.2 Å². The molecule has 1 atom stereocenters. The summed E-state index contributed by atoms with van der Waals surface area (Å²) in [5, 5.41) is 11.8. The third-order valence-electron chi connectivity index (χ3n) is 3.48. The average molecular weight is 289 g/mol. The van der Waals surface area contributed by atoms with Gasteiger partial charge in [-0.05, 0) is 18.1 Å². The molecule has 1 heterocycles. The third-order valence-corrected chi connectivity index (χ3v) is 3.48. The van der Waals surface area contributed by atoms with E-state index < -0.39 is 11.9 Å². The first-order valence-electron chi connectivity index (χ1n) is 6.88. The Kier molecular flexibility index (Phi) is 4.57. The Bertz CT molecular complexity index is 648. The summed E-state index contributed by atoms with van der Waals surface area (Å²) in [4.78, 5) is 27.2. The number of nitrogens with one attached hydrogen (secondary N) is 1. The molecule has 0 spiro atoms. The fourth-order valence-corrected chi connectivity index (χ4v) is 2.18. The summed E-state index contributed by atoms with van der Waals surface area (Å²) in [6.07, 6.45) is 1.61. The van der Waals surface area contributed by atoms with Crippen LogP contribution in [-0.2, 0) is 16.1 Å². The number of benzene rings is 1. The quantitative estimate of drug-likeness (QED) is 0.844. The number of carbonyl (C=O) groups is 2. The van der Waals surface area contributed by atoms with Crippen LogP contribution in [-0.4, -0.2) is 33.1 Å². The molecular weight excluding hydrogens is 270 g/mol. The number of aliphatic carboxylic acids is 1. The van der Waals surface area contributed by atoms with E-state index in [0.717, 1.165) is 11.0 Å². The van der Waals surface area contributed by atoms with E-state index in [-0.39, 0.29) is 24.9 Å². The number of nitrogens with zero attached hydrogens (tertiary/aromatic N) is 2. The predicted octanol–water partition coefficient (Wildman–Crippen LogP) is 1.51. The largest absolute Gasteiger partial charge is 0.481 e. The lowest BCUT2D eigenvalue weighted by Crippen LogP contribution is -2.37. The fraction of sp³-hybridized carbons (Fsp3) is 0.400. The van der Waals surface area contributed by atoms with Gasteiger partial charge in [0, 0.05) is 6.54 Å². The molecule has 1 aromatic heterocycles. The first-order chi connectivity index (χ1) is 9.99. The summed E-state index contributed by atoms with van der Waals surface area (Å²) >= 11 is 0. The first kappa shape index (κ1) is 15.0. The summed E-state index contributed by atoms with van der Waals surface area (Å²) in [6, 6.07) is 7.55. The SMILES string of the molecule is CC(C)C(CNC(=O)Cn1cnc2ccccc21)C(=O)O. The number of hydrogen-bond acceptors (Lipinski definition) is 3. The lowest BCUT2D eigenvalue weighted by molar-refractivity contribution is -0.143. The number of aromatic nitrogens is 2. The highest BCUT2D eigenvalue weighted by Crippen LogP contribution is 2.12. The molecule has 0 aliphatic rings. The summed E-state index contributed by atoms with van der Waals surface area (Å²) < 4.78 is 1.75. The monoisotopic (exact) mass is 289 g/mol. The minimum Gasteiger partial charge on any atom is -0.481 e. The van der Waals surface area contributed by atoms with E-state index in [1.807, 2.05) is 38.1 Å². The number of carbonyl (C=O) groups excluding carboxylic acids is 1. The van der Waals surface area contributed by atoms with Crippen molar-refractivity contribution < 1.29 is 14.7 Å². The molecule has 21 heavy (non-hydrogen) atoms. The average Bonchev–Trinajstić information content (AvgIpc) is 2.81. The minimum atomic E-state index is -0.890. The van der Waals surface area contributed by atoms with Gasteiger partial charge in [0.1, 0.15) is 6.54 Å². The second-order valence-electron chi connectivity index (χ2n) is 5.35. The highest BCUT2D eigenvalue weighted by molar-refractivity contribution is 5.81. The Morgan fingerprint density at radius 1 is 1.33 bits per heavy atom. The molecule has 0 saturated carbocycles. The molecule has 0 aliphatic heterocycles. The minimum absolute atomic E-state index is 0.0307. The van der Waals surface area contributed by atoms with E-state index in [9.17, 15) is 9.59 Å². The van der Waals surface area contributed by atoms with Gasteiger partial charge in [0.2, 0.25) is 5.91 Å². The van der Waals surface area contributed by atoms with E-state index in [0.29, 0.717) is 0 Å². The zero-order valence-corrected chi connectivity index (χ0v) is 12.1. The molecule has 0 bridgehead atoms. The van der Waals surface area contributed by atoms with Gasteiger partial charge in [-0.15, -0.1) is 0 Å². The summed E-state index contributed by atoms with van der Waals surface area (Å²) in [7, 11) is 0. The maximum atomic E-state index is 12.0. The molecule has 6 nitrogen and oxygen atoms in total. The molecule has 0 fully saturated rings. The van der Waals surface area contributed by atoms with Crippen LogP contribution in [0.5, 0.6) is 0 Å². The van der Waals surface area contributed by atoms with Crippen LogP contribution >= 0.6 is 0 Å². The second kappa shape index (κ2) is 6.39. The maximum Gasteiger partial charge on any atom is 0.308 e. The molecule has 6 heteroatoms. The van der Waals surface area contributed by atoms with Crippen LogP contribution in [0.15, 0.2) is 30.6 Å². The van der Waals surface area contributed by atoms with Crippen molar-refractivity contribution in [3.63, 3.8) is 0 Å². The van der Waals surface area contributed by atoms with E-state index in [1.54, 1.807) is 10.9 Å². The Hall–Kier alpha value is -2.37. The van der Waals surface area contributed by atoms with Crippen molar-refractivity contribution in [2.75, 3.05) is 6.54 Å². The molecule has 2 aromatic rings. The van der Waals surface area contributed by atoms with Crippen molar-refractivity contribution in [3.05, 3.63) is 30.6 Å². The van der Waals surface area contributed by atoms with Crippen LogP contribution in [0.25, 0.3) is 11.0 Å². The van der Waals surface area contributed by atoms with Gasteiger partial charge < -0.3 is 15.0 Å². The molecule has 0 radical (unpaired) electrons. The van der Waals surface area contributed by atoms with Crippen molar-refractivity contribution in [2.45, 2.75) is 20.4 Å². The van der Waals surface area contributed by atoms with Crippen molar-refractivity contribution in [1.29, 1.82) is 0 Å². The zero-order valence-electron chi connectivity index (χ0n) is 12.1. The van der Waals surface area contributed by atoms with Crippen molar-refractivity contribution in [1.82, 2.24) is 14.9 Å². The summed E-state index contributed by atoms with van der Waals surface area (Å²) in [6.45, 7) is 3.92. The molecule has 1 unspecified atom stereocenters. The molecule has 0 aliphatic carbocycles. The standard InChI is InChI=1S/C15H19N3O3/c1-10(2)11(15(20)21)7-16-14(19)8-18-9-17-12-5-3-4-6-13(12)18/h3-6,9-11H,7-8H2,1-2H3,(H,16,19)(H,20,21). The normalized spacial score (nSPS) is 12.5. The smallest absolute Gasteiger partial charge is 0.308 e. The summed E-state index contributed by atoms with van der Waals surface area (Å²) in [5.74, 6) is -1.71. The molecular formula is C15H19N3O3. The third kappa shape index (κ3) is 3.59. The second-order valence-corrected chi connectivity index (χ2v) is 5.35. The molecule has 2 N–H and O–H groups in total. The van der Waals surface area contributed by atoms with Gasteiger partial charge >= 0.3 is 5.97 Å². The highest BCUT2D eigenvalue weighted by Gasteiger charge is 2.22. The van der Waals surface area contributed by atoms with Crippen molar-refractivity contribution in [3.8, 4) is 0 Å². The van der Waals surface area contributed by atoms with E-state index in [2.05, 4.69) is 10.3 Å². The van der Waals surface area contributed by atoms with Gasteiger partial charge in [-0.1, -0.05) is 26.0 Å². The molecule has 0 saturated heterocycles. The van der Waals surface area contributed by atoms with Crippen LogP contribution in [0.3, 0.4) is 0 Å². The van der Waals surface area contributed by atoms with Crippen LogP contribution in [0.1, 0.15) is 13.8 Å². The van der Waals surface area contributed by atoms with E-state index >= 15 is 0 Å². The Balaban J connectivity index is 1.97. The number of hydrogen-bond donors (Lipinski definition) is 2. The van der Waals surface area contributed by atoms with Gasteiger partial charge in [0.15, 0.2) is 0 Å². The Labute approximate surface area is 122 Å². The number of rotatable bonds is 6. The van der Waals surface area contributed by atoms with Gasteiger partial charge in [0.25, 0.3) is 0 Å². The van der Waals surface area contributed by atoms with Gasteiger partial charge in [-0.2, -0.15) is 0 Å². The number of amides is 1. The van der Waals surface area contributed by atoms with Crippen molar-refractivity contribution >= 4 is 22.9 Å². The van der Waals surface area contributed by atoms with Crippen LogP contribution in [0.2, 0.25) is 0 Å². The highest BCUT2D eigenvalue weighted by atomic mass is 16.4. The fourth-order valence-electron chi connectivity index (χ4n) is 2.18. The Morgan fingerprint density at radius 3 is 2.71 bits per heavy atom. The molecule has 1 amide bonds.